The summed E-state index contributed by atoms with van der Waals surface area (Å²) in [5, 5.41) is 6.11. The zero-order valence-corrected chi connectivity index (χ0v) is 12.2. The first-order valence-corrected chi connectivity index (χ1v) is 7.21. The molecular weight excluding hydrogens is 252 g/mol. The number of anilines is 2. The standard InChI is InChI=1S/C15H24N4O/c1-11(2)19-9-7-14(8-10-19)17-12-3-5-13(6-4-12)18-15(16)20/h3-6,11,14,17H,7-10H2,1-2H3,(H3,16,18,20). The molecule has 0 bridgehead atoms. The number of benzene rings is 1. The van der Waals surface area contributed by atoms with E-state index in [0.29, 0.717) is 12.1 Å². The monoisotopic (exact) mass is 276 g/mol. The molecule has 0 atom stereocenters. The second-order valence-corrected chi connectivity index (χ2v) is 5.61. The van der Waals surface area contributed by atoms with Crippen molar-refractivity contribution in [2.24, 2.45) is 5.73 Å². The smallest absolute Gasteiger partial charge is 0.316 e. The van der Waals surface area contributed by atoms with Crippen molar-refractivity contribution >= 4 is 17.4 Å². The van der Waals surface area contributed by atoms with Crippen LogP contribution < -0.4 is 16.4 Å². The maximum atomic E-state index is 10.7. The van der Waals surface area contributed by atoms with Gasteiger partial charge in [0.25, 0.3) is 0 Å². The molecule has 4 N–H and O–H groups in total. The fourth-order valence-electron chi connectivity index (χ4n) is 2.59. The third-order valence-corrected chi connectivity index (χ3v) is 3.78. The lowest BCUT2D eigenvalue weighted by Gasteiger charge is -2.35. The van der Waals surface area contributed by atoms with Crippen molar-refractivity contribution in [3.8, 4) is 0 Å². The number of hydrogen-bond acceptors (Lipinski definition) is 3. The molecule has 0 spiro atoms. The number of nitrogens with one attached hydrogen (secondary N) is 2. The molecule has 0 aliphatic carbocycles. The van der Waals surface area contributed by atoms with Crippen molar-refractivity contribution in [2.75, 3.05) is 23.7 Å². The van der Waals surface area contributed by atoms with Gasteiger partial charge < -0.3 is 21.3 Å². The van der Waals surface area contributed by atoms with Gasteiger partial charge in [-0.05, 0) is 51.0 Å². The lowest BCUT2D eigenvalue weighted by molar-refractivity contribution is 0.177. The molecule has 1 aliphatic heterocycles. The number of likely N-dealkylation sites (tertiary alicyclic amines) is 1. The van der Waals surface area contributed by atoms with E-state index in [9.17, 15) is 4.79 Å². The Labute approximate surface area is 120 Å². The first-order chi connectivity index (χ1) is 9.54. The molecular formula is C15H24N4O. The minimum atomic E-state index is -0.535. The van der Waals surface area contributed by atoms with Crippen LogP contribution in [0, 0.1) is 0 Å². The molecule has 1 aliphatic rings. The maximum Gasteiger partial charge on any atom is 0.316 e. The van der Waals surface area contributed by atoms with Crippen molar-refractivity contribution in [3.05, 3.63) is 24.3 Å². The largest absolute Gasteiger partial charge is 0.382 e. The van der Waals surface area contributed by atoms with Crippen LogP contribution in [0.1, 0.15) is 26.7 Å². The van der Waals surface area contributed by atoms with Gasteiger partial charge in [0.05, 0.1) is 0 Å². The first-order valence-electron chi connectivity index (χ1n) is 7.21. The van der Waals surface area contributed by atoms with Gasteiger partial charge in [-0.25, -0.2) is 4.79 Å². The zero-order valence-electron chi connectivity index (χ0n) is 12.2. The topological polar surface area (TPSA) is 70.4 Å². The fourth-order valence-corrected chi connectivity index (χ4v) is 2.59. The molecule has 5 heteroatoms. The van der Waals surface area contributed by atoms with Gasteiger partial charge in [-0.2, -0.15) is 0 Å². The van der Waals surface area contributed by atoms with E-state index < -0.39 is 6.03 Å². The number of urea groups is 1. The van der Waals surface area contributed by atoms with E-state index in [2.05, 4.69) is 29.4 Å². The second-order valence-electron chi connectivity index (χ2n) is 5.61. The molecule has 20 heavy (non-hydrogen) atoms. The summed E-state index contributed by atoms with van der Waals surface area (Å²) in [6, 6.07) is 8.29. The molecule has 1 aromatic carbocycles. The molecule has 1 saturated heterocycles. The van der Waals surface area contributed by atoms with Crippen LogP contribution in [0.25, 0.3) is 0 Å². The number of primary amides is 1. The SMILES string of the molecule is CC(C)N1CCC(Nc2ccc(NC(N)=O)cc2)CC1. The van der Waals surface area contributed by atoms with E-state index in [1.165, 1.54) is 12.8 Å². The van der Waals surface area contributed by atoms with Crippen molar-refractivity contribution in [3.63, 3.8) is 0 Å². The van der Waals surface area contributed by atoms with Gasteiger partial charge in [0, 0.05) is 36.5 Å². The third kappa shape index (κ3) is 4.13. The molecule has 110 valence electrons. The molecule has 2 rings (SSSR count). The Morgan fingerprint density at radius 1 is 1.20 bits per heavy atom. The minimum absolute atomic E-state index is 0.528. The Balaban J connectivity index is 1.83. The number of carbonyl (C=O) groups is 1. The highest BCUT2D eigenvalue weighted by Crippen LogP contribution is 2.19. The quantitative estimate of drug-likeness (QED) is 0.791. The van der Waals surface area contributed by atoms with Crippen LogP contribution in [0.15, 0.2) is 24.3 Å². The van der Waals surface area contributed by atoms with Gasteiger partial charge >= 0.3 is 6.03 Å². The van der Waals surface area contributed by atoms with Crippen molar-refractivity contribution in [1.82, 2.24) is 4.90 Å². The average Bonchev–Trinajstić information content (AvgIpc) is 2.41. The molecule has 1 heterocycles. The highest BCUT2D eigenvalue weighted by molar-refractivity contribution is 5.87. The molecule has 2 amide bonds. The maximum absolute atomic E-state index is 10.7. The molecule has 0 saturated carbocycles. The highest BCUT2D eigenvalue weighted by Gasteiger charge is 2.20. The van der Waals surface area contributed by atoms with Gasteiger partial charge in [0.1, 0.15) is 0 Å². The molecule has 1 fully saturated rings. The van der Waals surface area contributed by atoms with Crippen LogP contribution in [-0.2, 0) is 0 Å². The van der Waals surface area contributed by atoms with Crippen LogP contribution in [0.2, 0.25) is 0 Å². The van der Waals surface area contributed by atoms with E-state index in [1.54, 1.807) is 0 Å². The van der Waals surface area contributed by atoms with E-state index in [0.717, 1.165) is 24.5 Å². The summed E-state index contributed by atoms with van der Waals surface area (Å²) in [5.41, 5.74) is 6.89. The highest BCUT2D eigenvalue weighted by atomic mass is 16.2. The van der Waals surface area contributed by atoms with E-state index in [-0.39, 0.29) is 0 Å². The summed E-state index contributed by atoms with van der Waals surface area (Å²) in [6.45, 7) is 6.80. The number of hydrogen-bond donors (Lipinski definition) is 3. The first kappa shape index (κ1) is 14.7. The van der Waals surface area contributed by atoms with Crippen molar-refractivity contribution in [2.45, 2.75) is 38.8 Å². The number of piperidine rings is 1. The van der Waals surface area contributed by atoms with E-state index >= 15 is 0 Å². The second kappa shape index (κ2) is 6.61. The Kier molecular flexibility index (Phi) is 4.84. The summed E-state index contributed by atoms with van der Waals surface area (Å²) in [5.74, 6) is 0. The summed E-state index contributed by atoms with van der Waals surface area (Å²) >= 11 is 0. The van der Waals surface area contributed by atoms with Crippen molar-refractivity contribution in [1.29, 1.82) is 0 Å². The molecule has 0 unspecified atom stereocenters. The Hall–Kier alpha value is -1.75. The zero-order chi connectivity index (χ0) is 14.5. The predicted octanol–water partition coefficient (Wildman–Crippen LogP) is 2.46. The van der Waals surface area contributed by atoms with Crippen LogP contribution >= 0.6 is 0 Å². The van der Waals surface area contributed by atoms with E-state index in [1.807, 2.05) is 24.3 Å². The summed E-state index contributed by atoms with van der Waals surface area (Å²) in [4.78, 5) is 13.3. The summed E-state index contributed by atoms with van der Waals surface area (Å²) in [6.07, 6.45) is 2.33. The summed E-state index contributed by atoms with van der Waals surface area (Å²) in [7, 11) is 0. The Morgan fingerprint density at radius 2 is 1.75 bits per heavy atom. The normalized spacial score (nSPS) is 17.1. The van der Waals surface area contributed by atoms with Crippen LogP contribution in [0.3, 0.4) is 0 Å². The lowest BCUT2D eigenvalue weighted by atomic mass is 10.0. The van der Waals surface area contributed by atoms with Crippen LogP contribution in [0.5, 0.6) is 0 Å². The van der Waals surface area contributed by atoms with Gasteiger partial charge in [0.15, 0.2) is 0 Å². The molecule has 1 aromatic rings. The molecule has 0 aromatic heterocycles. The van der Waals surface area contributed by atoms with Crippen molar-refractivity contribution < 1.29 is 4.79 Å². The Bertz CT molecular complexity index is 436. The fraction of sp³-hybridized carbons (Fsp3) is 0.533. The predicted molar refractivity (Wildman–Crippen MR) is 83.0 cm³/mol. The number of rotatable bonds is 4. The van der Waals surface area contributed by atoms with E-state index in [4.69, 9.17) is 5.73 Å². The molecule has 0 radical (unpaired) electrons. The Morgan fingerprint density at radius 3 is 2.25 bits per heavy atom. The van der Waals surface area contributed by atoms with Crippen LogP contribution in [-0.4, -0.2) is 36.1 Å². The number of nitrogens with two attached hydrogens (primary N) is 1. The minimum Gasteiger partial charge on any atom is -0.382 e. The molecule has 5 nitrogen and oxygen atoms in total. The summed E-state index contributed by atoms with van der Waals surface area (Å²) < 4.78 is 0. The van der Waals surface area contributed by atoms with Gasteiger partial charge in [-0.15, -0.1) is 0 Å². The van der Waals surface area contributed by atoms with Crippen LogP contribution in [0.4, 0.5) is 16.2 Å². The van der Waals surface area contributed by atoms with Gasteiger partial charge in [-0.3, -0.25) is 0 Å². The lowest BCUT2D eigenvalue weighted by Crippen LogP contribution is -2.42. The third-order valence-electron chi connectivity index (χ3n) is 3.78. The number of amides is 2. The number of carbonyl (C=O) groups excluding carboxylic acids is 1. The van der Waals surface area contributed by atoms with Gasteiger partial charge in [-0.1, -0.05) is 0 Å². The average molecular weight is 276 g/mol. The van der Waals surface area contributed by atoms with Gasteiger partial charge in [0.2, 0.25) is 0 Å². The number of nitrogens with zero attached hydrogens (tertiary/aromatic N) is 1.